The van der Waals surface area contributed by atoms with Crippen LogP contribution < -0.4 is 5.32 Å². The first kappa shape index (κ1) is 16.0. The summed E-state index contributed by atoms with van der Waals surface area (Å²) in [4.78, 5) is 37.5. The molecule has 2 fully saturated rings. The van der Waals surface area contributed by atoms with Crippen molar-refractivity contribution >= 4 is 18.1 Å². The van der Waals surface area contributed by atoms with Crippen molar-refractivity contribution in [3.63, 3.8) is 0 Å². The van der Waals surface area contributed by atoms with Gasteiger partial charge in [-0.15, -0.1) is 0 Å². The Hall–Kier alpha value is -1.39. The Balaban J connectivity index is 2.18. The molecule has 118 valence electrons. The van der Waals surface area contributed by atoms with Gasteiger partial charge in [0.05, 0.1) is 0 Å². The Labute approximate surface area is 126 Å². The van der Waals surface area contributed by atoms with Crippen molar-refractivity contribution < 1.29 is 14.4 Å². The minimum absolute atomic E-state index is 0.125. The van der Waals surface area contributed by atoms with E-state index in [-0.39, 0.29) is 17.7 Å². The van der Waals surface area contributed by atoms with Gasteiger partial charge in [0.25, 0.3) is 0 Å². The van der Waals surface area contributed by atoms with Gasteiger partial charge in [-0.05, 0) is 38.5 Å². The van der Waals surface area contributed by atoms with Gasteiger partial charge in [-0.25, -0.2) is 0 Å². The molecule has 0 spiro atoms. The first-order valence-corrected chi connectivity index (χ1v) is 8.06. The maximum absolute atomic E-state index is 12.7. The second kappa shape index (κ2) is 6.58. The summed E-state index contributed by atoms with van der Waals surface area (Å²) in [5.41, 5.74) is -0.635. The summed E-state index contributed by atoms with van der Waals surface area (Å²) >= 11 is 0. The molecule has 0 unspecified atom stereocenters. The van der Waals surface area contributed by atoms with E-state index < -0.39 is 11.6 Å². The highest BCUT2D eigenvalue weighted by molar-refractivity contribution is 5.89. The van der Waals surface area contributed by atoms with E-state index in [1.54, 1.807) is 11.8 Å². The normalized spacial score (nSPS) is 28.2. The quantitative estimate of drug-likeness (QED) is 0.802. The monoisotopic (exact) mass is 294 g/mol. The van der Waals surface area contributed by atoms with Gasteiger partial charge in [-0.3, -0.25) is 9.59 Å². The van der Waals surface area contributed by atoms with Gasteiger partial charge >= 0.3 is 0 Å². The van der Waals surface area contributed by atoms with E-state index in [2.05, 4.69) is 5.32 Å². The highest BCUT2D eigenvalue weighted by Crippen LogP contribution is 2.42. The fourth-order valence-electron chi connectivity index (χ4n) is 4.02. The van der Waals surface area contributed by atoms with E-state index in [1.807, 2.05) is 0 Å². The van der Waals surface area contributed by atoms with Crippen molar-refractivity contribution in [3.05, 3.63) is 0 Å². The number of carbonyl (C=O) groups is 3. The van der Waals surface area contributed by atoms with Crippen LogP contribution in [-0.2, 0) is 14.4 Å². The van der Waals surface area contributed by atoms with Gasteiger partial charge in [0, 0.05) is 13.5 Å². The number of aldehydes is 1. The lowest BCUT2D eigenvalue weighted by Crippen LogP contribution is -2.58. The standard InChI is InChI=1S/C16H26N2O3/c1-12(17-13(2)20)15(21)18-10-6-9-16(18,11-19)14-7-4-3-5-8-14/h11-12,14H,3-10H2,1-2H3,(H,17,20)/t12-,16-/m0/s1. The summed E-state index contributed by atoms with van der Waals surface area (Å²) in [6.07, 6.45) is 8.20. The SMILES string of the molecule is CC(=O)N[C@@H](C)C(=O)N1CCC[C@]1(C=O)C1CCCCC1. The number of rotatable bonds is 4. The lowest BCUT2D eigenvalue weighted by Gasteiger charge is -2.43. The first-order chi connectivity index (χ1) is 10.0. The number of carbonyl (C=O) groups excluding carboxylic acids is 3. The van der Waals surface area contributed by atoms with Crippen LogP contribution >= 0.6 is 0 Å². The fraction of sp³-hybridized carbons (Fsp3) is 0.812. The molecule has 2 rings (SSSR count). The molecule has 2 aliphatic rings. The summed E-state index contributed by atoms with van der Waals surface area (Å²) in [6, 6.07) is -0.566. The van der Waals surface area contributed by atoms with Crippen LogP contribution in [0.1, 0.15) is 58.8 Å². The largest absolute Gasteiger partial charge is 0.345 e. The smallest absolute Gasteiger partial charge is 0.245 e. The van der Waals surface area contributed by atoms with E-state index in [4.69, 9.17) is 0 Å². The fourth-order valence-corrected chi connectivity index (χ4v) is 4.02. The van der Waals surface area contributed by atoms with E-state index in [0.717, 1.165) is 44.8 Å². The van der Waals surface area contributed by atoms with Crippen molar-refractivity contribution in [1.82, 2.24) is 10.2 Å². The van der Waals surface area contributed by atoms with E-state index >= 15 is 0 Å². The average Bonchev–Trinajstić information content (AvgIpc) is 2.91. The molecule has 5 nitrogen and oxygen atoms in total. The predicted molar refractivity (Wildman–Crippen MR) is 79.6 cm³/mol. The molecule has 2 amide bonds. The van der Waals surface area contributed by atoms with Crippen LogP contribution in [0.25, 0.3) is 0 Å². The van der Waals surface area contributed by atoms with E-state index in [1.165, 1.54) is 13.3 Å². The number of hydrogen-bond donors (Lipinski definition) is 1. The molecule has 1 aliphatic carbocycles. The van der Waals surface area contributed by atoms with Crippen molar-refractivity contribution in [2.75, 3.05) is 6.54 Å². The van der Waals surface area contributed by atoms with Crippen LogP contribution in [0.3, 0.4) is 0 Å². The lowest BCUT2D eigenvalue weighted by atomic mass is 9.73. The van der Waals surface area contributed by atoms with Gasteiger partial charge in [-0.1, -0.05) is 19.3 Å². The second-order valence-corrected chi connectivity index (χ2v) is 6.46. The van der Waals surface area contributed by atoms with Gasteiger partial charge in [0.2, 0.25) is 11.8 Å². The van der Waals surface area contributed by atoms with E-state index in [0.29, 0.717) is 6.54 Å². The maximum Gasteiger partial charge on any atom is 0.245 e. The van der Waals surface area contributed by atoms with Crippen molar-refractivity contribution in [2.45, 2.75) is 70.4 Å². The van der Waals surface area contributed by atoms with Crippen molar-refractivity contribution in [2.24, 2.45) is 5.92 Å². The summed E-state index contributed by atoms with van der Waals surface area (Å²) < 4.78 is 0. The Morgan fingerprint density at radius 2 is 1.90 bits per heavy atom. The zero-order chi connectivity index (χ0) is 15.5. The molecule has 1 aliphatic heterocycles. The minimum Gasteiger partial charge on any atom is -0.345 e. The van der Waals surface area contributed by atoms with E-state index in [9.17, 15) is 14.4 Å². The molecular formula is C16H26N2O3. The third kappa shape index (κ3) is 3.11. The van der Waals surface area contributed by atoms with Crippen LogP contribution in [0.15, 0.2) is 0 Å². The Morgan fingerprint density at radius 3 is 2.48 bits per heavy atom. The highest BCUT2D eigenvalue weighted by Gasteiger charge is 2.49. The molecule has 1 saturated carbocycles. The van der Waals surface area contributed by atoms with Crippen molar-refractivity contribution in [3.8, 4) is 0 Å². The van der Waals surface area contributed by atoms with Gasteiger partial charge in [-0.2, -0.15) is 0 Å². The molecule has 1 heterocycles. The number of likely N-dealkylation sites (tertiary alicyclic amines) is 1. The Kier molecular flexibility index (Phi) is 5.01. The second-order valence-electron chi connectivity index (χ2n) is 6.46. The maximum atomic E-state index is 12.7. The van der Waals surface area contributed by atoms with Gasteiger partial charge in [0.1, 0.15) is 17.9 Å². The van der Waals surface area contributed by atoms with Crippen LogP contribution in [-0.4, -0.2) is 41.1 Å². The number of amides is 2. The summed E-state index contributed by atoms with van der Waals surface area (Å²) in [5, 5.41) is 2.64. The topological polar surface area (TPSA) is 66.5 Å². The summed E-state index contributed by atoms with van der Waals surface area (Å²) in [6.45, 7) is 3.72. The van der Waals surface area contributed by atoms with Crippen LogP contribution in [0.2, 0.25) is 0 Å². The summed E-state index contributed by atoms with van der Waals surface area (Å²) in [5.74, 6) is -0.0653. The number of nitrogens with one attached hydrogen (secondary N) is 1. The predicted octanol–water partition coefficient (Wildman–Crippen LogP) is 1.65. The summed E-state index contributed by atoms with van der Waals surface area (Å²) in [7, 11) is 0. The molecular weight excluding hydrogens is 268 g/mol. The molecule has 0 bridgehead atoms. The Bertz CT molecular complexity index is 418. The first-order valence-electron chi connectivity index (χ1n) is 8.06. The third-order valence-electron chi connectivity index (χ3n) is 5.03. The molecule has 1 N–H and O–H groups in total. The molecule has 21 heavy (non-hydrogen) atoms. The molecule has 2 atom stereocenters. The molecule has 1 saturated heterocycles. The highest BCUT2D eigenvalue weighted by atomic mass is 16.2. The minimum atomic E-state index is -0.635. The van der Waals surface area contributed by atoms with Crippen LogP contribution in [0, 0.1) is 5.92 Å². The number of hydrogen-bond acceptors (Lipinski definition) is 3. The molecule has 0 aromatic heterocycles. The Morgan fingerprint density at radius 1 is 1.24 bits per heavy atom. The molecule has 5 heteroatoms. The molecule has 0 aromatic rings. The van der Waals surface area contributed by atoms with Crippen LogP contribution in [0.5, 0.6) is 0 Å². The molecule has 0 radical (unpaired) electrons. The zero-order valence-electron chi connectivity index (χ0n) is 13.1. The number of nitrogens with zero attached hydrogens (tertiary/aromatic N) is 1. The van der Waals surface area contributed by atoms with Gasteiger partial charge < -0.3 is 15.0 Å². The average molecular weight is 294 g/mol. The van der Waals surface area contributed by atoms with Gasteiger partial charge in [0.15, 0.2) is 0 Å². The van der Waals surface area contributed by atoms with Crippen LogP contribution in [0.4, 0.5) is 0 Å². The third-order valence-corrected chi connectivity index (χ3v) is 5.03. The van der Waals surface area contributed by atoms with Crippen molar-refractivity contribution in [1.29, 1.82) is 0 Å². The zero-order valence-corrected chi connectivity index (χ0v) is 13.1. The molecule has 0 aromatic carbocycles. The lowest BCUT2D eigenvalue weighted by molar-refractivity contribution is -0.145.